The van der Waals surface area contributed by atoms with E-state index in [0.717, 1.165) is 0 Å². The molecule has 1 heterocycles. The number of nitro groups is 1. The van der Waals surface area contributed by atoms with E-state index in [2.05, 4.69) is 16.0 Å². The molecule has 0 saturated carbocycles. The second-order valence-corrected chi connectivity index (χ2v) is 7.24. The van der Waals surface area contributed by atoms with E-state index < -0.39 is 10.8 Å². The standard InChI is InChI=1S/C21H18N4O5S/c26-19(22-11-12-23-21(28)18-6-3-13-31-18)14-7-9-15(10-8-14)24-20(27)16-4-1-2-5-17(16)25(29)30/h1-10,13H,11-12H2,(H,22,26)(H,23,28)(H,24,27). The number of benzene rings is 2. The van der Waals surface area contributed by atoms with Crippen molar-refractivity contribution < 1.29 is 19.3 Å². The lowest BCUT2D eigenvalue weighted by molar-refractivity contribution is -0.385. The third kappa shape index (κ3) is 5.73. The molecule has 0 atom stereocenters. The van der Waals surface area contributed by atoms with Gasteiger partial charge in [-0.05, 0) is 41.8 Å². The number of anilines is 1. The number of para-hydroxylation sites is 1. The van der Waals surface area contributed by atoms with Crippen LogP contribution in [0.2, 0.25) is 0 Å². The van der Waals surface area contributed by atoms with E-state index in [1.165, 1.54) is 59.9 Å². The minimum absolute atomic E-state index is 0.0566. The molecule has 0 spiro atoms. The normalized spacial score (nSPS) is 10.2. The number of nitrogens with zero attached hydrogens (tertiary/aromatic N) is 1. The summed E-state index contributed by atoms with van der Waals surface area (Å²) in [6.07, 6.45) is 0. The highest BCUT2D eigenvalue weighted by molar-refractivity contribution is 7.12. The second kappa shape index (κ2) is 10.1. The highest BCUT2D eigenvalue weighted by Crippen LogP contribution is 2.19. The van der Waals surface area contributed by atoms with Crippen molar-refractivity contribution in [3.63, 3.8) is 0 Å². The summed E-state index contributed by atoms with van der Waals surface area (Å²) in [4.78, 5) is 47.4. The molecule has 0 aliphatic rings. The van der Waals surface area contributed by atoms with Crippen LogP contribution in [0.1, 0.15) is 30.4 Å². The SMILES string of the molecule is O=C(NCCNC(=O)c1cccs1)c1ccc(NC(=O)c2ccccc2[N+](=O)[O-])cc1. The van der Waals surface area contributed by atoms with Gasteiger partial charge in [0, 0.05) is 30.4 Å². The average molecular weight is 438 g/mol. The van der Waals surface area contributed by atoms with Crippen LogP contribution in [0.5, 0.6) is 0 Å². The molecule has 3 amide bonds. The molecular formula is C21H18N4O5S. The van der Waals surface area contributed by atoms with Gasteiger partial charge in [-0.1, -0.05) is 18.2 Å². The number of carbonyl (C=O) groups excluding carboxylic acids is 3. The third-order valence-electron chi connectivity index (χ3n) is 4.19. The lowest BCUT2D eigenvalue weighted by Gasteiger charge is -2.08. The van der Waals surface area contributed by atoms with E-state index in [4.69, 9.17) is 0 Å². The first-order chi connectivity index (χ1) is 15.0. The summed E-state index contributed by atoms with van der Waals surface area (Å²) in [7, 11) is 0. The molecule has 0 radical (unpaired) electrons. The van der Waals surface area contributed by atoms with E-state index in [1.54, 1.807) is 12.1 Å². The highest BCUT2D eigenvalue weighted by atomic mass is 32.1. The molecule has 0 bridgehead atoms. The predicted molar refractivity (Wildman–Crippen MR) is 116 cm³/mol. The molecule has 1 aromatic heterocycles. The number of amides is 3. The van der Waals surface area contributed by atoms with Crippen LogP contribution in [0.25, 0.3) is 0 Å². The van der Waals surface area contributed by atoms with Gasteiger partial charge in [0.15, 0.2) is 0 Å². The van der Waals surface area contributed by atoms with Crippen LogP contribution >= 0.6 is 11.3 Å². The van der Waals surface area contributed by atoms with Crippen LogP contribution in [0, 0.1) is 10.1 Å². The van der Waals surface area contributed by atoms with Crippen molar-refractivity contribution in [1.82, 2.24) is 10.6 Å². The lowest BCUT2D eigenvalue weighted by atomic mass is 10.1. The number of nitro benzene ring substituents is 1. The Morgan fingerprint density at radius 2 is 1.52 bits per heavy atom. The molecule has 0 fully saturated rings. The maximum Gasteiger partial charge on any atom is 0.282 e. The van der Waals surface area contributed by atoms with Gasteiger partial charge < -0.3 is 16.0 Å². The van der Waals surface area contributed by atoms with Gasteiger partial charge in [-0.15, -0.1) is 11.3 Å². The molecule has 0 unspecified atom stereocenters. The van der Waals surface area contributed by atoms with E-state index in [1.807, 2.05) is 5.38 Å². The van der Waals surface area contributed by atoms with E-state index >= 15 is 0 Å². The number of hydrogen-bond donors (Lipinski definition) is 3. The molecule has 31 heavy (non-hydrogen) atoms. The molecule has 0 aliphatic carbocycles. The number of nitrogens with one attached hydrogen (secondary N) is 3. The maximum absolute atomic E-state index is 12.3. The Morgan fingerprint density at radius 1 is 0.839 bits per heavy atom. The number of hydrogen-bond acceptors (Lipinski definition) is 6. The minimum atomic E-state index is -0.620. The van der Waals surface area contributed by atoms with Crippen LogP contribution in [-0.2, 0) is 0 Å². The quantitative estimate of drug-likeness (QED) is 0.283. The Kier molecular flexibility index (Phi) is 7.07. The fraction of sp³-hybridized carbons (Fsp3) is 0.0952. The Hall–Kier alpha value is -4.05. The first kappa shape index (κ1) is 21.7. The molecule has 0 saturated heterocycles. The van der Waals surface area contributed by atoms with Crippen molar-refractivity contribution in [1.29, 1.82) is 0 Å². The Morgan fingerprint density at radius 3 is 2.16 bits per heavy atom. The van der Waals surface area contributed by atoms with Gasteiger partial charge in [0.1, 0.15) is 5.56 Å². The van der Waals surface area contributed by atoms with Gasteiger partial charge in [-0.25, -0.2) is 0 Å². The highest BCUT2D eigenvalue weighted by Gasteiger charge is 2.19. The summed E-state index contributed by atoms with van der Waals surface area (Å²) >= 11 is 1.34. The molecule has 0 aliphatic heterocycles. The topological polar surface area (TPSA) is 130 Å². The fourth-order valence-electron chi connectivity index (χ4n) is 2.68. The van der Waals surface area contributed by atoms with Crippen LogP contribution in [-0.4, -0.2) is 35.7 Å². The molecule has 158 valence electrons. The van der Waals surface area contributed by atoms with E-state index in [0.29, 0.717) is 16.1 Å². The Balaban J connectivity index is 1.50. The summed E-state index contributed by atoms with van der Waals surface area (Å²) in [5.74, 6) is -1.14. The number of rotatable bonds is 8. The van der Waals surface area contributed by atoms with Gasteiger partial charge in [-0.3, -0.25) is 24.5 Å². The van der Waals surface area contributed by atoms with Gasteiger partial charge in [0.25, 0.3) is 23.4 Å². The van der Waals surface area contributed by atoms with Crippen LogP contribution < -0.4 is 16.0 Å². The molecule has 3 aromatic rings. The zero-order valence-electron chi connectivity index (χ0n) is 16.2. The molecule has 10 heteroatoms. The summed E-state index contributed by atoms with van der Waals surface area (Å²) in [6.45, 7) is 0.540. The summed E-state index contributed by atoms with van der Waals surface area (Å²) in [6, 6.07) is 15.2. The van der Waals surface area contributed by atoms with Gasteiger partial charge in [-0.2, -0.15) is 0 Å². The van der Waals surface area contributed by atoms with Crippen molar-refractivity contribution in [3.05, 3.63) is 92.2 Å². The second-order valence-electron chi connectivity index (χ2n) is 6.29. The number of thiophene rings is 1. The Labute approximate surface area is 181 Å². The van der Waals surface area contributed by atoms with Crippen molar-refractivity contribution in [2.24, 2.45) is 0 Å². The van der Waals surface area contributed by atoms with Gasteiger partial charge in [0.2, 0.25) is 0 Å². The fourth-order valence-corrected chi connectivity index (χ4v) is 3.32. The predicted octanol–water partition coefficient (Wildman–Crippen LogP) is 3.07. The van der Waals surface area contributed by atoms with Gasteiger partial charge >= 0.3 is 0 Å². The summed E-state index contributed by atoms with van der Waals surface area (Å²) in [5.41, 5.74) is 0.414. The first-order valence-electron chi connectivity index (χ1n) is 9.20. The smallest absolute Gasteiger partial charge is 0.282 e. The monoisotopic (exact) mass is 438 g/mol. The van der Waals surface area contributed by atoms with Crippen molar-refractivity contribution in [3.8, 4) is 0 Å². The van der Waals surface area contributed by atoms with Crippen LogP contribution in [0.4, 0.5) is 11.4 Å². The molecular weight excluding hydrogens is 420 g/mol. The number of carbonyl (C=O) groups is 3. The zero-order chi connectivity index (χ0) is 22.2. The van der Waals surface area contributed by atoms with E-state index in [9.17, 15) is 24.5 Å². The average Bonchev–Trinajstić information content (AvgIpc) is 3.32. The first-order valence-corrected chi connectivity index (χ1v) is 10.1. The largest absolute Gasteiger partial charge is 0.350 e. The third-order valence-corrected chi connectivity index (χ3v) is 5.06. The van der Waals surface area contributed by atoms with Crippen LogP contribution in [0.3, 0.4) is 0 Å². The molecule has 3 N–H and O–H groups in total. The van der Waals surface area contributed by atoms with Crippen molar-refractivity contribution in [2.45, 2.75) is 0 Å². The maximum atomic E-state index is 12.3. The Bertz CT molecular complexity index is 1100. The molecule has 2 aromatic carbocycles. The van der Waals surface area contributed by atoms with Crippen molar-refractivity contribution >= 4 is 40.4 Å². The lowest BCUT2D eigenvalue weighted by Crippen LogP contribution is -2.34. The zero-order valence-corrected chi connectivity index (χ0v) is 17.0. The summed E-state index contributed by atoms with van der Waals surface area (Å²) in [5, 5.41) is 20.9. The van der Waals surface area contributed by atoms with Gasteiger partial charge in [0.05, 0.1) is 9.80 Å². The minimum Gasteiger partial charge on any atom is -0.350 e. The van der Waals surface area contributed by atoms with Crippen LogP contribution in [0.15, 0.2) is 66.0 Å². The van der Waals surface area contributed by atoms with Crippen molar-refractivity contribution in [2.75, 3.05) is 18.4 Å². The summed E-state index contributed by atoms with van der Waals surface area (Å²) < 4.78 is 0. The molecule has 9 nitrogen and oxygen atoms in total. The molecule has 3 rings (SSSR count). The van der Waals surface area contributed by atoms with E-state index in [-0.39, 0.29) is 36.2 Å².